The van der Waals surface area contributed by atoms with E-state index in [1.165, 1.54) is 0 Å². The molecule has 1 fully saturated rings. The lowest BCUT2D eigenvalue weighted by Crippen LogP contribution is -2.40. The van der Waals surface area contributed by atoms with E-state index in [9.17, 15) is 13.2 Å². The van der Waals surface area contributed by atoms with Crippen molar-refractivity contribution in [1.82, 2.24) is 4.90 Å². The fourth-order valence-electron chi connectivity index (χ4n) is 3.01. The maximum Gasteiger partial charge on any atom is 0.254 e. The molecule has 25 heavy (non-hydrogen) atoms. The van der Waals surface area contributed by atoms with Crippen molar-refractivity contribution >= 4 is 15.7 Å². The number of benzene rings is 1. The number of hydrogen-bond acceptors (Lipinski definition) is 5. The molecule has 1 aromatic heterocycles. The summed E-state index contributed by atoms with van der Waals surface area (Å²) in [6.07, 6.45) is 1.99. The molecule has 1 aliphatic heterocycles. The predicted molar refractivity (Wildman–Crippen MR) is 93.3 cm³/mol. The molecule has 1 saturated heterocycles. The SMILES string of the molecule is CCOc1cccc(C(=O)N(Cc2ccco2)[C@@H]2CCS(=O)(=O)C2)c1. The van der Waals surface area contributed by atoms with Crippen LogP contribution in [0.1, 0.15) is 29.5 Å². The molecule has 6 nitrogen and oxygen atoms in total. The summed E-state index contributed by atoms with van der Waals surface area (Å²) in [5.41, 5.74) is 0.474. The van der Waals surface area contributed by atoms with Gasteiger partial charge in [-0.05, 0) is 43.7 Å². The summed E-state index contributed by atoms with van der Waals surface area (Å²) < 4.78 is 34.5. The molecule has 0 bridgehead atoms. The largest absolute Gasteiger partial charge is 0.494 e. The summed E-state index contributed by atoms with van der Waals surface area (Å²) in [6.45, 7) is 2.63. The minimum absolute atomic E-state index is 0.00933. The zero-order chi connectivity index (χ0) is 17.9. The average molecular weight is 363 g/mol. The van der Waals surface area contributed by atoms with E-state index < -0.39 is 9.84 Å². The van der Waals surface area contributed by atoms with Gasteiger partial charge in [0.25, 0.3) is 5.91 Å². The molecule has 0 unspecified atom stereocenters. The molecule has 1 aliphatic rings. The summed E-state index contributed by atoms with van der Waals surface area (Å²) in [5, 5.41) is 0. The highest BCUT2D eigenvalue weighted by molar-refractivity contribution is 7.91. The van der Waals surface area contributed by atoms with Gasteiger partial charge in [0.05, 0.1) is 30.9 Å². The van der Waals surface area contributed by atoms with Crippen LogP contribution in [0.15, 0.2) is 47.1 Å². The Morgan fingerprint density at radius 1 is 1.32 bits per heavy atom. The van der Waals surface area contributed by atoms with E-state index in [1.54, 1.807) is 47.6 Å². The lowest BCUT2D eigenvalue weighted by atomic mass is 10.1. The minimum Gasteiger partial charge on any atom is -0.494 e. The first-order chi connectivity index (χ1) is 12.0. The topological polar surface area (TPSA) is 76.8 Å². The Labute approximate surface area is 147 Å². The normalized spacial score (nSPS) is 18.8. The fraction of sp³-hybridized carbons (Fsp3) is 0.389. The maximum atomic E-state index is 13.1. The number of furan rings is 1. The molecule has 0 radical (unpaired) electrons. The molecule has 0 spiro atoms. The van der Waals surface area contributed by atoms with E-state index in [1.807, 2.05) is 6.92 Å². The van der Waals surface area contributed by atoms with Gasteiger partial charge in [-0.25, -0.2) is 8.42 Å². The molecule has 2 heterocycles. The van der Waals surface area contributed by atoms with Crippen LogP contribution >= 0.6 is 0 Å². The predicted octanol–water partition coefficient (Wildman–Crippen LogP) is 2.51. The van der Waals surface area contributed by atoms with Gasteiger partial charge in [-0.15, -0.1) is 0 Å². The van der Waals surface area contributed by atoms with Gasteiger partial charge in [0, 0.05) is 11.6 Å². The maximum absolute atomic E-state index is 13.1. The Bertz CT molecular complexity index is 829. The Balaban J connectivity index is 1.87. The summed E-state index contributed by atoms with van der Waals surface area (Å²) in [7, 11) is -3.10. The van der Waals surface area contributed by atoms with Crippen LogP contribution in [0.2, 0.25) is 0 Å². The van der Waals surface area contributed by atoms with Crippen molar-refractivity contribution in [3.8, 4) is 5.75 Å². The van der Waals surface area contributed by atoms with Crippen LogP contribution in [0, 0.1) is 0 Å². The first kappa shape index (κ1) is 17.5. The third-order valence-corrected chi connectivity index (χ3v) is 5.96. The zero-order valence-corrected chi connectivity index (χ0v) is 14.9. The standard InChI is InChI=1S/C18H21NO5S/c1-2-23-16-6-3-5-14(11-16)18(20)19(12-17-7-4-9-24-17)15-8-10-25(21,22)13-15/h3-7,9,11,15H,2,8,10,12-13H2,1H3/t15-/m1/s1. The van der Waals surface area contributed by atoms with Crippen LogP contribution in [0.25, 0.3) is 0 Å². The van der Waals surface area contributed by atoms with Gasteiger partial charge < -0.3 is 14.1 Å². The molecule has 0 saturated carbocycles. The van der Waals surface area contributed by atoms with Crippen molar-refractivity contribution in [3.63, 3.8) is 0 Å². The quantitative estimate of drug-likeness (QED) is 0.788. The Hall–Kier alpha value is -2.28. The van der Waals surface area contributed by atoms with Crippen LogP contribution < -0.4 is 4.74 Å². The molecular weight excluding hydrogens is 342 g/mol. The lowest BCUT2D eigenvalue weighted by molar-refractivity contribution is 0.0665. The molecule has 134 valence electrons. The number of carbonyl (C=O) groups is 1. The van der Waals surface area contributed by atoms with Crippen molar-refractivity contribution in [1.29, 1.82) is 0 Å². The number of hydrogen-bond donors (Lipinski definition) is 0. The summed E-state index contributed by atoms with van der Waals surface area (Å²) in [5.74, 6) is 1.12. The second-order valence-electron chi connectivity index (χ2n) is 6.03. The molecule has 2 aromatic rings. The second kappa shape index (κ2) is 7.31. The first-order valence-corrected chi connectivity index (χ1v) is 10.1. The molecule has 1 atom stereocenters. The lowest BCUT2D eigenvalue weighted by Gasteiger charge is -2.27. The summed E-state index contributed by atoms with van der Waals surface area (Å²) in [4.78, 5) is 14.7. The Morgan fingerprint density at radius 3 is 2.80 bits per heavy atom. The molecule has 1 amide bonds. The fourth-order valence-corrected chi connectivity index (χ4v) is 4.74. The monoisotopic (exact) mass is 363 g/mol. The number of sulfone groups is 1. The molecule has 3 rings (SSSR count). The number of carbonyl (C=O) groups excluding carboxylic acids is 1. The number of ether oxygens (including phenoxy) is 1. The number of amides is 1. The van der Waals surface area contributed by atoms with E-state index in [2.05, 4.69) is 0 Å². The van der Waals surface area contributed by atoms with E-state index in [-0.39, 0.29) is 30.0 Å². The van der Waals surface area contributed by atoms with Gasteiger partial charge in [0.2, 0.25) is 0 Å². The number of rotatable bonds is 6. The summed E-state index contributed by atoms with van der Waals surface area (Å²) in [6, 6.07) is 10.1. The van der Waals surface area contributed by atoms with Crippen molar-refractivity contribution in [3.05, 3.63) is 54.0 Å². The van der Waals surface area contributed by atoms with Crippen LogP contribution in [-0.2, 0) is 16.4 Å². The van der Waals surface area contributed by atoms with Crippen LogP contribution in [0.4, 0.5) is 0 Å². The van der Waals surface area contributed by atoms with E-state index in [4.69, 9.17) is 9.15 Å². The van der Waals surface area contributed by atoms with E-state index in [0.29, 0.717) is 30.1 Å². The third-order valence-electron chi connectivity index (χ3n) is 4.21. The molecule has 0 aliphatic carbocycles. The van der Waals surface area contributed by atoms with Crippen LogP contribution in [0.3, 0.4) is 0 Å². The zero-order valence-electron chi connectivity index (χ0n) is 14.1. The van der Waals surface area contributed by atoms with Gasteiger partial charge in [0.15, 0.2) is 9.84 Å². The minimum atomic E-state index is -3.10. The van der Waals surface area contributed by atoms with Gasteiger partial charge in [-0.3, -0.25) is 4.79 Å². The van der Waals surface area contributed by atoms with Gasteiger partial charge in [-0.2, -0.15) is 0 Å². The van der Waals surface area contributed by atoms with Crippen molar-refractivity contribution in [2.24, 2.45) is 0 Å². The van der Waals surface area contributed by atoms with E-state index >= 15 is 0 Å². The third kappa shape index (κ3) is 4.22. The summed E-state index contributed by atoms with van der Waals surface area (Å²) >= 11 is 0. The van der Waals surface area contributed by atoms with Crippen molar-refractivity contribution in [2.45, 2.75) is 25.9 Å². The Kier molecular flexibility index (Phi) is 5.13. The van der Waals surface area contributed by atoms with Crippen LogP contribution in [0.5, 0.6) is 5.75 Å². The molecule has 7 heteroatoms. The van der Waals surface area contributed by atoms with Crippen molar-refractivity contribution in [2.75, 3.05) is 18.1 Å². The number of nitrogens with zero attached hydrogens (tertiary/aromatic N) is 1. The first-order valence-electron chi connectivity index (χ1n) is 8.25. The van der Waals surface area contributed by atoms with Crippen molar-refractivity contribution < 1.29 is 22.4 Å². The van der Waals surface area contributed by atoms with Gasteiger partial charge in [-0.1, -0.05) is 6.07 Å². The smallest absolute Gasteiger partial charge is 0.254 e. The molecule has 0 N–H and O–H groups in total. The highest BCUT2D eigenvalue weighted by Crippen LogP contribution is 2.24. The highest BCUT2D eigenvalue weighted by Gasteiger charge is 2.35. The highest BCUT2D eigenvalue weighted by atomic mass is 32.2. The average Bonchev–Trinajstić information content (AvgIpc) is 3.22. The second-order valence-corrected chi connectivity index (χ2v) is 8.26. The van der Waals surface area contributed by atoms with E-state index in [0.717, 1.165) is 0 Å². The molecular formula is C18H21NO5S. The van der Waals surface area contributed by atoms with Gasteiger partial charge in [0.1, 0.15) is 11.5 Å². The Morgan fingerprint density at radius 2 is 2.16 bits per heavy atom. The van der Waals surface area contributed by atoms with Crippen LogP contribution in [-0.4, -0.2) is 43.4 Å². The van der Waals surface area contributed by atoms with Gasteiger partial charge >= 0.3 is 0 Å². The molecule has 1 aromatic carbocycles.